The van der Waals surface area contributed by atoms with Gasteiger partial charge in [0, 0.05) is 18.7 Å². The lowest BCUT2D eigenvalue weighted by Gasteiger charge is -2.27. The predicted octanol–water partition coefficient (Wildman–Crippen LogP) is 4.08. The summed E-state index contributed by atoms with van der Waals surface area (Å²) in [5.74, 6) is 0.597. The Morgan fingerprint density at radius 1 is 1.19 bits per heavy atom. The van der Waals surface area contributed by atoms with E-state index in [9.17, 15) is 9.59 Å². The molecule has 170 valence electrons. The molecule has 1 fully saturated rings. The summed E-state index contributed by atoms with van der Waals surface area (Å²) in [6, 6.07) is 12.2. The van der Waals surface area contributed by atoms with Gasteiger partial charge in [0.25, 0.3) is 11.8 Å². The van der Waals surface area contributed by atoms with Crippen molar-refractivity contribution in [2.24, 2.45) is 5.92 Å². The van der Waals surface area contributed by atoms with Gasteiger partial charge in [-0.15, -0.1) is 0 Å². The van der Waals surface area contributed by atoms with E-state index in [1.54, 1.807) is 47.4 Å². The molecule has 32 heavy (non-hydrogen) atoms. The van der Waals surface area contributed by atoms with E-state index in [2.05, 4.69) is 40.4 Å². The molecule has 1 heterocycles. The fourth-order valence-corrected chi connectivity index (χ4v) is 3.76. The first-order valence-corrected chi connectivity index (χ1v) is 11.6. The number of hydrogen-bond acceptors (Lipinski definition) is 5. The maximum absolute atomic E-state index is 12.9. The van der Waals surface area contributed by atoms with E-state index in [4.69, 9.17) is 21.7 Å². The lowest BCUT2D eigenvalue weighted by molar-refractivity contribution is 0.0303. The van der Waals surface area contributed by atoms with Gasteiger partial charge in [0.15, 0.2) is 5.11 Å². The third kappa shape index (κ3) is 6.51. The van der Waals surface area contributed by atoms with Crippen molar-refractivity contribution >= 4 is 50.8 Å². The van der Waals surface area contributed by atoms with Crippen LogP contribution in [0.2, 0.25) is 0 Å². The quantitative estimate of drug-likeness (QED) is 0.559. The van der Waals surface area contributed by atoms with E-state index in [0.717, 1.165) is 0 Å². The van der Waals surface area contributed by atoms with Gasteiger partial charge >= 0.3 is 0 Å². The average molecular weight is 520 g/mol. The molecule has 0 spiro atoms. The SMILES string of the molecule is CC(C)COc1ccc(C(=O)NC(=S)Nc2ccccc2C(=O)N2CCOCC2)cc1Br. The molecule has 2 N–H and O–H groups in total. The van der Waals surface area contributed by atoms with Gasteiger partial charge in [-0.1, -0.05) is 26.0 Å². The molecule has 0 bridgehead atoms. The first-order valence-electron chi connectivity index (χ1n) is 10.4. The van der Waals surface area contributed by atoms with E-state index in [0.29, 0.717) is 65.9 Å². The molecule has 1 aliphatic rings. The number of benzene rings is 2. The van der Waals surface area contributed by atoms with E-state index >= 15 is 0 Å². The number of nitrogens with one attached hydrogen (secondary N) is 2. The Morgan fingerprint density at radius 2 is 1.91 bits per heavy atom. The molecule has 7 nitrogen and oxygen atoms in total. The molecule has 0 unspecified atom stereocenters. The molecule has 2 aromatic rings. The minimum atomic E-state index is -0.365. The van der Waals surface area contributed by atoms with Gasteiger partial charge < -0.3 is 19.7 Å². The molecule has 0 radical (unpaired) electrons. The number of nitrogens with zero attached hydrogens (tertiary/aromatic N) is 1. The summed E-state index contributed by atoms with van der Waals surface area (Å²) in [5, 5.41) is 5.74. The molecule has 2 amide bonds. The van der Waals surface area contributed by atoms with Crippen molar-refractivity contribution < 1.29 is 19.1 Å². The van der Waals surface area contributed by atoms with E-state index < -0.39 is 0 Å². The molecular formula is C23H26BrN3O4S. The van der Waals surface area contributed by atoms with Crippen LogP contribution in [-0.2, 0) is 4.74 Å². The summed E-state index contributed by atoms with van der Waals surface area (Å²) >= 11 is 8.76. The number of carbonyl (C=O) groups excluding carboxylic acids is 2. The predicted molar refractivity (Wildman–Crippen MR) is 131 cm³/mol. The zero-order valence-corrected chi connectivity index (χ0v) is 20.4. The van der Waals surface area contributed by atoms with E-state index in [1.807, 2.05) is 0 Å². The Kier molecular flexibility index (Phi) is 8.60. The summed E-state index contributed by atoms with van der Waals surface area (Å²) in [7, 11) is 0. The standard InChI is InChI=1S/C23H26BrN3O4S/c1-15(2)14-31-20-8-7-16(13-18(20)24)21(28)26-23(32)25-19-6-4-3-5-17(19)22(29)27-9-11-30-12-10-27/h3-8,13,15H,9-12,14H2,1-2H3,(H2,25,26,28,32). The van der Waals surface area contributed by atoms with Crippen LogP contribution < -0.4 is 15.4 Å². The molecule has 1 saturated heterocycles. The largest absolute Gasteiger partial charge is 0.492 e. The number of thiocarbonyl (C=S) groups is 1. The summed E-state index contributed by atoms with van der Waals surface area (Å²) in [6.45, 7) is 6.84. The Morgan fingerprint density at radius 3 is 2.59 bits per heavy atom. The third-order valence-corrected chi connectivity index (χ3v) is 5.52. The van der Waals surface area contributed by atoms with Crippen LogP contribution >= 0.6 is 28.1 Å². The van der Waals surface area contributed by atoms with E-state index in [-0.39, 0.29) is 16.9 Å². The van der Waals surface area contributed by atoms with Gasteiger partial charge in [0.1, 0.15) is 5.75 Å². The van der Waals surface area contributed by atoms with Gasteiger partial charge in [-0.25, -0.2) is 0 Å². The fraction of sp³-hybridized carbons (Fsp3) is 0.348. The van der Waals surface area contributed by atoms with Gasteiger partial charge in [-0.2, -0.15) is 0 Å². The number of ether oxygens (including phenoxy) is 2. The molecule has 0 aromatic heterocycles. The van der Waals surface area contributed by atoms with Crippen LogP contribution in [0.15, 0.2) is 46.9 Å². The van der Waals surface area contributed by atoms with Crippen molar-refractivity contribution in [1.29, 1.82) is 0 Å². The monoisotopic (exact) mass is 519 g/mol. The van der Waals surface area contributed by atoms with Crippen LogP contribution in [0.4, 0.5) is 5.69 Å². The number of halogens is 1. The molecule has 2 aromatic carbocycles. The Hall–Kier alpha value is -2.49. The minimum absolute atomic E-state index is 0.105. The first-order chi connectivity index (χ1) is 15.3. The van der Waals surface area contributed by atoms with Gasteiger partial charge in [0.05, 0.1) is 35.5 Å². The second-order valence-electron chi connectivity index (χ2n) is 7.71. The zero-order valence-electron chi connectivity index (χ0n) is 18.0. The Labute approximate surface area is 201 Å². The second-order valence-corrected chi connectivity index (χ2v) is 8.97. The summed E-state index contributed by atoms with van der Waals surface area (Å²) in [5.41, 5.74) is 1.45. The number of rotatable bonds is 6. The fourth-order valence-electron chi connectivity index (χ4n) is 3.06. The number of hydrogen-bond donors (Lipinski definition) is 2. The second kappa shape index (κ2) is 11.4. The van der Waals surface area contributed by atoms with Crippen LogP contribution in [0.5, 0.6) is 5.75 Å². The van der Waals surface area contributed by atoms with Gasteiger partial charge in [-0.05, 0) is 64.4 Å². The molecule has 3 rings (SSSR count). The topological polar surface area (TPSA) is 79.9 Å². The van der Waals surface area contributed by atoms with E-state index in [1.165, 1.54) is 0 Å². The number of morpholine rings is 1. The lowest BCUT2D eigenvalue weighted by Crippen LogP contribution is -2.41. The minimum Gasteiger partial charge on any atom is -0.492 e. The smallest absolute Gasteiger partial charge is 0.257 e. The highest BCUT2D eigenvalue weighted by Gasteiger charge is 2.21. The van der Waals surface area contributed by atoms with Crippen LogP contribution in [0.1, 0.15) is 34.6 Å². The van der Waals surface area contributed by atoms with Crippen molar-refractivity contribution in [3.05, 3.63) is 58.1 Å². The number of para-hydroxylation sites is 1. The highest BCUT2D eigenvalue weighted by atomic mass is 79.9. The maximum Gasteiger partial charge on any atom is 0.257 e. The Bertz CT molecular complexity index is 993. The molecular weight excluding hydrogens is 494 g/mol. The van der Waals surface area contributed by atoms with Crippen molar-refractivity contribution in [1.82, 2.24) is 10.2 Å². The molecule has 0 atom stereocenters. The van der Waals surface area contributed by atoms with Crippen molar-refractivity contribution in [3.8, 4) is 5.75 Å². The van der Waals surface area contributed by atoms with Crippen LogP contribution in [0.25, 0.3) is 0 Å². The molecule has 0 saturated carbocycles. The summed E-state index contributed by atoms with van der Waals surface area (Å²) in [4.78, 5) is 27.3. The van der Waals surface area contributed by atoms with Gasteiger partial charge in [-0.3, -0.25) is 14.9 Å². The van der Waals surface area contributed by atoms with Crippen LogP contribution in [0, 0.1) is 5.92 Å². The first kappa shape index (κ1) is 24.2. The van der Waals surface area contributed by atoms with Crippen LogP contribution in [0.3, 0.4) is 0 Å². The maximum atomic E-state index is 12.9. The highest BCUT2D eigenvalue weighted by molar-refractivity contribution is 9.10. The summed E-state index contributed by atoms with van der Waals surface area (Å²) in [6.07, 6.45) is 0. The highest BCUT2D eigenvalue weighted by Crippen LogP contribution is 2.26. The third-order valence-electron chi connectivity index (χ3n) is 4.70. The molecule has 1 aliphatic heterocycles. The van der Waals surface area contributed by atoms with Gasteiger partial charge in [0.2, 0.25) is 0 Å². The average Bonchev–Trinajstić information content (AvgIpc) is 2.78. The number of carbonyl (C=O) groups is 2. The summed E-state index contributed by atoms with van der Waals surface area (Å²) < 4.78 is 11.7. The normalized spacial score (nSPS) is 13.6. The van der Waals surface area contributed by atoms with Crippen molar-refractivity contribution in [2.75, 3.05) is 38.2 Å². The Balaban J connectivity index is 1.64. The number of anilines is 1. The number of amides is 2. The zero-order chi connectivity index (χ0) is 23.1. The molecule has 9 heteroatoms. The van der Waals surface area contributed by atoms with Crippen LogP contribution in [-0.4, -0.2) is 54.7 Å². The molecule has 0 aliphatic carbocycles. The van der Waals surface area contributed by atoms with Crippen molar-refractivity contribution in [2.45, 2.75) is 13.8 Å². The lowest BCUT2D eigenvalue weighted by atomic mass is 10.1. The van der Waals surface area contributed by atoms with Crippen molar-refractivity contribution in [3.63, 3.8) is 0 Å².